The van der Waals surface area contributed by atoms with Gasteiger partial charge in [-0.2, -0.15) is 0 Å². The summed E-state index contributed by atoms with van der Waals surface area (Å²) in [6.07, 6.45) is 0. The molecule has 0 radical (unpaired) electrons. The number of carbonyl (C=O) groups is 2. The fourth-order valence-electron chi connectivity index (χ4n) is 4.22. The van der Waals surface area contributed by atoms with Gasteiger partial charge in [0.25, 0.3) is 0 Å². The highest BCUT2D eigenvalue weighted by molar-refractivity contribution is 8.01. The first-order valence-corrected chi connectivity index (χ1v) is 11.7. The molecule has 3 unspecified atom stereocenters. The zero-order valence-electron chi connectivity index (χ0n) is 16.6. The second kappa shape index (κ2) is 7.51. The van der Waals surface area contributed by atoms with E-state index in [0.29, 0.717) is 15.4 Å². The average Bonchev–Trinajstić information content (AvgIpc) is 3.23. The van der Waals surface area contributed by atoms with Crippen molar-refractivity contribution in [2.75, 3.05) is 12.0 Å². The van der Waals surface area contributed by atoms with Crippen LogP contribution in [0.15, 0.2) is 47.5 Å². The van der Waals surface area contributed by atoms with E-state index in [-0.39, 0.29) is 17.6 Å². The van der Waals surface area contributed by atoms with Crippen LogP contribution in [0.1, 0.15) is 21.9 Å². The SMILES string of the molecule is COc1ccc(C2c3sc(=S)[nH]c3SC3C(=O)N(c4ccc(C)cc4)C(=O)C32)cc1O. The number of hydrogen-bond donors (Lipinski definition) is 2. The van der Waals surface area contributed by atoms with Crippen LogP contribution in [-0.4, -0.2) is 34.3 Å². The van der Waals surface area contributed by atoms with Crippen LogP contribution in [0.2, 0.25) is 0 Å². The molecule has 2 aromatic carbocycles. The number of benzene rings is 2. The van der Waals surface area contributed by atoms with Crippen molar-refractivity contribution in [3.63, 3.8) is 0 Å². The van der Waals surface area contributed by atoms with Crippen molar-refractivity contribution in [3.05, 3.63) is 62.4 Å². The summed E-state index contributed by atoms with van der Waals surface area (Å²) >= 11 is 8.12. The zero-order valence-corrected chi connectivity index (χ0v) is 19.1. The molecule has 0 aliphatic carbocycles. The lowest BCUT2D eigenvalue weighted by Gasteiger charge is -2.30. The van der Waals surface area contributed by atoms with Crippen molar-refractivity contribution in [1.29, 1.82) is 0 Å². The predicted octanol–water partition coefficient (Wildman–Crippen LogP) is 4.62. The number of phenols is 1. The summed E-state index contributed by atoms with van der Waals surface area (Å²) in [5.41, 5.74) is 2.37. The number of aromatic amines is 1. The first kappa shape index (κ1) is 20.3. The van der Waals surface area contributed by atoms with Crippen LogP contribution in [0, 0.1) is 16.8 Å². The van der Waals surface area contributed by atoms with Crippen LogP contribution in [-0.2, 0) is 9.59 Å². The molecule has 1 saturated heterocycles. The quantitative estimate of drug-likeness (QED) is 0.429. The van der Waals surface area contributed by atoms with Gasteiger partial charge in [0, 0.05) is 10.8 Å². The summed E-state index contributed by atoms with van der Waals surface area (Å²) in [6.45, 7) is 1.96. The molecule has 0 spiro atoms. The molecule has 2 aliphatic rings. The molecule has 2 N–H and O–H groups in total. The smallest absolute Gasteiger partial charge is 0.248 e. The van der Waals surface area contributed by atoms with Crippen molar-refractivity contribution in [2.45, 2.75) is 23.1 Å². The number of hydrogen-bond acceptors (Lipinski definition) is 7. The molecule has 6 nitrogen and oxygen atoms in total. The Bertz CT molecular complexity index is 1260. The molecule has 158 valence electrons. The number of carbonyl (C=O) groups excluding carboxylic acids is 2. The number of aromatic nitrogens is 1. The summed E-state index contributed by atoms with van der Waals surface area (Å²) < 4.78 is 5.76. The summed E-state index contributed by atoms with van der Waals surface area (Å²) in [5.74, 6) is -1.13. The number of H-pyrrole nitrogens is 1. The highest BCUT2D eigenvalue weighted by Gasteiger charge is 2.56. The lowest BCUT2D eigenvalue weighted by molar-refractivity contribution is -0.122. The number of methoxy groups -OCH3 is 1. The fraction of sp³-hybridized carbons (Fsp3) is 0.227. The van der Waals surface area contributed by atoms with Gasteiger partial charge in [-0.3, -0.25) is 9.59 Å². The molecule has 1 fully saturated rings. The number of aromatic hydroxyl groups is 1. The van der Waals surface area contributed by atoms with Gasteiger partial charge in [0.1, 0.15) is 5.25 Å². The Kier molecular flexibility index (Phi) is 4.91. The first-order chi connectivity index (χ1) is 14.9. The Labute approximate surface area is 191 Å². The highest BCUT2D eigenvalue weighted by Crippen LogP contribution is 2.54. The number of rotatable bonds is 3. The zero-order chi connectivity index (χ0) is 21.9. The van der Waals surface area contributed by atoms with Gasteiger partial charge in [0.15, 0.2) is 15.5 Å². The maximum atomic E-state index is 13.6. The van der Waals surface area contributed by atoms with E-state index in [9.17, 15) is 14.7 Å². The van der Waals surface area contributed by atoms with Crippen LogP contribution in [0.3, 0.4) is 0 Å². The third-order valence-electron chi connectivity index (χ3n) is 5.68. The molecule has 0 saturated carbocycles. The second-order valence-electron chi connectivity index (χ2n) is 7.53. The highest BCUT2D eigenvalue weighted by atomic mass is 32.2. The Morgan fingerprint density at radius 3 is 2.55 bits per heavy atom. The van der Waals surface area contributed by atoms with E-state index in [0.717, 1.165) is 21.0 Å². The molecule has 0 bridgehead atoms. The number of thioether (sulfide) groups is 1. The van der Waals surface area contributed by atoms with Crippen LogP contribution in [0.5, 0.6) is 11.5 Å². The van der Waals surface area contributed by atoms with Crippen molar-refractivity contribution in [2.24, 2.45) is 5.92 Å². The first-order valence-electron chi connectivity index (χ1n) is 9.60. The van der Waals surface area contributed by atoms with Crippen LogP contribution >= 0.6 is 35.3 Å². The normalized spacial score (nSPS) is 22.4. The minimum absolute atomic E-state index is 0.0115. The topological polar surface area (TPSA) is 82.6 Å². The lowest BCUT2D eigenvalue weighted by Crippen LogP contribution is -2.32. The van der Waals surface area contributed by atoms with Gasteiger partial charge >= 0.3 is 0 Å². The number of anilines is 1. The number of ether oxygens (including phenoxy) is 1. The Hall–Kier alpha value is -2.62. The molecule has 3 heterocycles. The molecule has 2 aliphatic heterocycles. The van der Waals surface area contributed by atoms with E-state index in [1.165, 1.54) is 35.1 Å². The van der Waals surface area contributed by atoms with Gasteiger partial charge < -0.3 is 14.8 Å². The van der Waals surface area contributed by atoms with Crippen molar-refractivity contribution in [3.8, 4) is 11.5 Å². The molecule has 31 heavy (non-hydrogen) atoms. The summed E-state index contributed by atoms with van der Waals surface area (Å²) in [4.78, 5) is 32.4. The molecule has 2 amide bonds. The van der Waals surface area contributed by atoms with Crippen LogP contribution in [0.4, 0.5) is 5.69 Å². The Balaban J connectivity index is 1.65. The molecule has 5 rings (SSSR count). The summed E-state index contributed by atoms with van der Waals surface area (Å²) in [7, 11) is 1.48. The Morgan fingerprint density at radius 2 is 1.87 bits per heavy atom. The summed E-state index contributed by atoms with van der Waals surface area (Å²) in [6, 6.07) is 12.5. The van der Waals surface area contributed by atoms with Gasteiger partial charge in [-0.25, -0.2) is 4.90 Å². The lowest BCUT2D eigenvalue weighted by atomic mass is 9.83. The van der Waals surface area contributed by atoms with E-state index in [4.69, 9.17) is 17.0 Å². The minimum Gasteiger partial charge on any atom is -0.504 e. The standard InChI is InChI=1S/C22H18N2O4S3/c1-10-3-6-12(7-4-10)24-20(26)16-15(11-5-8-14(28-2)13(25)9-11)17-19(23-22(29)31-17)30-18(16)21(24)27/h3-9,15-16,18,25H,1-2H3,(H,23,29). The van der Waals surface area contributed by atoms with E-state index in [1.54, 1.807) is 24.3 Å². The average molecular weight is 471 g/mol. The maximum absolute atomic E-state index is 13.6. The molecular formula is C22H18N2O4S3. The molecule has 9 heteroatoms. The number of thiazole rings is 1. The minimum atomic E-state index is -0.597. The van der Waals surface area contributed by atoms with Crippen LogP contribution < -0.4 is 9.64 Å². The Morgan fingerprint density at radius 1 is 1.13 bits per heavy atom. The van der Waals surface area contributed by atoms with E-state index >= 15 is 0 Å². The molecule has 3 aromatic rings. The number of aryl methyl sites for hydroxylation is 1. The maximum Gasteiger partial charge on any atom is 0.248 e. The van der Waals surface area contributed by atoms with Crippen molar-refractivity contribution >= 4 is 52.8 Å². The number of phenolic OH excluding ortho intramolecular Hbond substituents is 1. The number of amides is 2. The van der Waals surface area contributed by atoms with Crippen LogP contribution in [0.25, 0.3) is 0 Å². The van der Waals surface area contributed by atoms with E-state index in [1.807, 2.05) is 25.1 Å². The molecule has 3 atom stereocenters. The fourth-order valence-corrected chi connectivity index (χ4v) is 7.19. The summed E-state index contributed by atoms with van der Waals surface area (Å²) in [5, 5.41) is 10.6. The predicted molar refractivity (Wildman–Crippen MR) is 123 cm³/mol. The van der Waals surface area contributed by atoms with Gasteiger partial charge in [-0.05, 0) is 49.0 Å². The third-order valence-corrected chi connectivity index (χ3v) is 8.43. The second-order valence-corrected chi connectivity index (χ2v) is 10.4. The van der Waals surface area contributed by atoms with E-state index < -0.39 is 17.1 Å². The van der Waals surface area contributed by atoms with Gasteiger partial charge in [-0.1, -0.05) is 35.5 Å². The molecular weight excluding hydrogens is 452 g/mol. The molecule has 1 aromatic heterocycles. The monoisotopic (exact) mass is 470 g/mol. The van der Waals surface area contributed by atoms with Crippen molar-refractivity contribution < 1.29 is 19.4 Å². The number of fused-ring (bicyclic) bond motifs is 2. The number of imide groups is 1. The van der Waals surface area contributed by atoms with Gasteiger partial charge in [0.05, 0.1) is 23.7 Å². The number of nitrogens with zero attached hydrogens (tertiary/aromatic N) is 1. The van der Waals surface area contributed by atoms with Crippen molar-refractivity contribution in [1.82, 2.24) is 4.98 Å². The third kappa shape index (κ3) is 3.19. The number of nitrogens with one attached hydrogen (secondary N) is 1. The van der Waals surface area contributed by atoms with E-state index in [2.05, 4.69) is 4.98 Å². The van der Waals surface area contributed by atoms with Gasteiger partial charge in [0.2, 0.25) is 11.8 Å². The van der Waals surface area contributed by atoms with Gasteiger partial charge in [-0.15, -0.1) is 11.3 Å². The largest absolute Gasteiger partial charge is 0.504 e.